The van der Waals surface area contributed by atoms with Crippen molar-refractivity contribution in [1.29, 1.82) is 0 Å². The Morgan fingerprint density at radius 3 is 1.48 bits per heavy atom. The molecule has 1 heterocycles. The van der Waals surface area contributed by atoms with Gasteiger partial charge in [-0.1, -0.05) is 117 Å². The van der Waals surface area contributed by atoms with Crippen molar-refractivity contribution in [1.82, 2.24) is 0 Å². The van der Waals surface area contributed by atoms with Crippen molar-refractivity contribution in [3.8, 4) is 0 Å². The van der Waals surface area contributed by atoms with Crippen LogP contribution in [0.4, 0.5) is 0 Å². The molecule has 0 saturated heterocycles. The molecular weight excluding hydrogens is 498 g/mol. The summed E-state index contributed by atoms with van der Waals surface area (Å²) in [7, 11) is 0. The summed E-state index contributed by atoms with van der Waals surface area (Å²) >= 11 is 0. The van der Waals surface area contributed by atoms with E-state index in [0.717, 1.165) is 37.1 Å². The van der Waals surface area contributed by atoms with E-state index in [1.54, 1.807) is 0 Å². The van der Waals surface area contributed by atoms with E-state index in [4.69, 9.17) is 9.47 Å². The van der Waals surface area contributed by atoms with Crippen molar-refractivity contribution in [2.45, 2.75) is 176 Å². The molecule has 1 atom stereocenters. The Balaban J connectivity index is 2.45. The van der Waals surface area contributed by atoms with Gasteiger partial charge in [0.2, 0.25) is 0 Å². The Morgan fingerprint density at radius 1 is 0.625 bits per heavy atom. The number of carbonyl (C=O) groups is 2. The van der Waals surface area contributed by atoms with Crippen LogP contribution in [0, 0.1) is 20.8 Å². The van der Waals surface area contributed by atoms with E-state index in [0.29, 0.717) is 19.4 Å². The zero-order valence-corrected chi connectivity index (χ0v) is 26.9. The molecule has 1 aromatic rings. The standard InChI is InChI=1S/C35H62NO4/c1-6-8-10-12-14-16-18-20-22-24-34(37)39-29-33(28-36-31(4)26-30(3)27-32(36)5)40-35(38)25-23-21-19-17-15-13-11-9-7-2/h26-27,33H,6-25,28-29H2,1-5H3/q+1. The van der Waals surface area contributed by atoms with Crippen molar-refractivity contribution in [3.05, 3.63) is 29.1 Å². The number of rotatable bonds is 25. The van der Waals surface area contributed by atoms with Crippen LogP contribution in [0.3, 0.4) is 0 Å². The number of aromatic nitrogens is 1. The molecule has 1 rings (SSSR count). The molecule has 0 aliphatic rings. The fourth-order valence-electron chi connectivity index (χ4n) is 5.41. The summed E-state index contributed by atoms with van der Waals surface area (Å²) in [6.45, 7) is 11.3. The second-order valence-corrected chi connectivity index (χ2v) is 11.9. The summed E-state index contributed by atoms with van der Waals surface area (Å²) in [5.74, 6) is -0.378. The summed E-state index contributed by atoms with van der Waals surface area (Å²) in [6, 6.07) is 4.26. The molecule has 230 valence electrons. The highest BCUT2D eigenvalue weighted by Gasteiger charge is 2.24. The van der Waals surface area contributed by atoms with Crippen LogP contribution in [-0.4, -0.2) is 24.6 Å². The van der Waals surface area contributed by atoms with Crippen molar-refractivity contribution < 1.29 is 23.6 Å². The minimum Gasteiger partial charge on any atom is -0.461 e. The molecule has 40 heavy (non-hydrogen) atoms. The molecule has 0 N–H and O–H groups in total. The van der Waals surface area contributed by atoms with E-state index in [1.807, 2.05) is 0 Å². The smallest absolute Gasteiger partial charge is 0.306 e. The molecule has 0 bridgehead atoms. The quantitative estimate of drug-likeness (QED) is 0.0679. The fourth-order valence-corrected chi connectivity index (χ4v) is 5.41. The Hall–Kier alpha value is -1.91. The monoisotopic (exact) mass is 560 g/mol. The maximum absolute atomic E-state index is 12.7. The number of pyridine rings is 1. The van der Waals surface area contributed by atoms with E-state index in [9.17, 15) is 9.59 Å². The second-order valence-electron chi connectivity index (χ2n) is 11.9. The zero-order chi connectivity index (χ0) is 29.4. The van der Waals surface area contributed by atoms with Crippen molar-refractivity contribution in [2.75, 3.05) is 6.61 Å². The zero-order valence-electron chi connectivity index (χ0n) is 26.9. The van der Waals surface area contributed by atoms with Crippen molar-refractivity contribution in [3.63, 3.8) is 0 Å². The van der Waals surface area contributed by atoms with Crippen LogP contribution in [0.5, 0.6) is 0 Å². The lowest BCUT2D eigenvalue weighted by atomic mass is 10.1. The highest BCUT2D eigenvalue weighted by molar-refractivity contribution is 5.70. The molecular formula is C35H62NO4+. The normalized spacial score (nSPS) is 11.9. The van der Waals surface area contributed by atoms with Gasteiger partial charge in [-0.15, -0.1) is 0 Å². The lowest BCUT2D eigenvalue weighted by Crippen LogP contribution is -2.48. The molecule has 0 aliphatic heterocycles. The van der Waals surface area contributed by atoms with E-state index in [-0.39, 0.29) is 18.5 Å². The van der Waals surface area contributed by atoms with Gasteiger partial charge in [-0.25, -0.2) is 0 Å². The number of ether oxygens (including phenoxy) is 2. The number of aryl methyl sites for hydroxylation is 3. The first-order chi connectivity index (χ1) is 19.4. The SMILES string of the molecule is CCCCCCCCCCCC(=O)OCC(C[n+]1c(C)cc(C)cc1C)OC(=O)CCCCCCCCCCC. The van der Waals surface area contributed by atoms with Gasteiger partial charge in [-0.05, 0) is 25.3 Å². The highest BCUT2D eigenvalue weighted by atomic mass is 16.6. The number of hydrogen-bond acceptors (Lipinski definition) is 4. The third-order valence-electron chi connectivity index (χ3n) is 7.81. The van der Waals surface area contributed by atoms with Crippen LogP contribution < -0.4 is 4.57 Å². The minimum absolute atomic E-state index is 0.111. The van der Waals surface area contributed by atoms with Gasteiger partial charge >= 0.3 is 11.9 Å². The average Bonchev–Trinajstić information content (AvgIpc) is 2.91. The first-order valence-electron chi connectivity index (χ1n) is 16.7. The molecule has 0 radical (unpaired) electrons. The fraction of sp³-hybridized carbons (Fsp3) is 0.800. The molecule has 0 fully saturated rings. The number of unbranched alkanes of at least 4 members (excludes halogenated alkanes) is 16. The van der Waals surface area contributed by atoms with Crippen LogP contribution >= 0.6 is 0 Å². The van der Waals surface area contributed by atoms with Gasteiger partial charge in [-0.3, -0.25) is 9.59 Å². The first-order valence-corrected chi connectivity index (χ1v) is 16.7. The Bertz CT molecular complexity index is 784. The second kappa shape index (κ2) is 23.8. The topological polar surface area (TPSA) is 56.5 Å². The first kappa shape index (κ1) is 36.1. The number of esters is 2. The predicted molar refractivity (Wildman–Crippen MR) is 165 cm³/mol. The maximum atomic E-state index is 12.7. The molecule has 5 heteroatoms. The van der Waals surface area contributed by atoms with Gasteiger partial charge < -0.3 is 9.47 Å². The van der Waals surface area contributed by atoms with Gasteiger partial charge in [0.1, 0.15) is 6.61 Å². The van der Waals surface area contributed by atoms with Crippen molar-refractivity contribution >= 4 is 11.9 Å². The van der Waals surface area contributed by atoms with Gasteiger partial charge in [0, 0.05) is 38.8 Å². The van der Waals surface area contributed by atoms with Crippen molar-refractivity contribution in [2.24, 2.45) is 0 Å². The molecule has 0 amide bonds. The van der Waals surface area contributed by atoms with Crippen LogP contribution in [0.25, 0.3) is 0 Å². The van der Waals surface area contributed by atoms with E-state index in [2.05, 4.69) is 51.3 Å². The number of nitrogens with zero attached hydrogens (tertiary/aromatic N) is 1. The Labute approximate surface area is 246 Å². The number of hydrogen-bond donors (Lipinski definition) is 0. The third-order valence-corrected chi connectivity index (χ3v) is 7.81. The van der Waals surface area contributed by atoms with E-state index in [1.165, 1.54) is 95.5 Å². The Morgan fingerprint density at radius 2 is 1.02 bits per heavy atom. The molecule has 0 aliphatic carbocycles. The summed E-state index contributed by atoms with van der Waals surface area (Å²) in [6.07, 6.45) is 22.2. The summed E-state index contributed by atoms with van der Waals surface area (Å²) < 4.78 is 13.6. The summed E-state index contributed by atoms with van der Waals surface area (Å²) in [5.41, 5.74) is 3.43. The van der Waals surface area contributed by atoms with Crippen LogP contribution in [-0.2, 0) is 25.6 Å². The van der Waals surface area contributed by atoms with E-state index < -0.39 is 6.10 Å². The molecule has 0 spiro atoms. The molecule has 0 saturated carbocycles. The molecule has 1 unspecified atom stereocenters. The predicted octanol–water partition coefficient (Wildman–Crippen LogP) is 9.20. The lowest BCUT2D eigenvalue weighted by molar-refractivity contribution is -0.714. The van der Waals surface area contributed by atoms with Crippen LogP contribution in [0.2, 0.25) is 0 Å². The largest absolute Gasteiger partial charge is 0.461 e. The molecule has 1 aromatic heterocycles. The van der Waals surface area contributed by atoms with Crippen LogP contribution in [0.15, 0.2) is 12.1 Å². The minimum atomic E-state index is -0.483. The van der Waals surface area contributed by atoms with Gasteiger partial charge in [-0.2, -0.15) is 4.57 Å². The summed E-state index contributed by atoms with van der Waals surface area (Å²) in [5, 5.41) is 0. The average molecular weight is 561 g/mol. The maximum Gasteiger partial charge on any atom is 0.306 e. The van der Waals surface area contributed by atoms with Gasteiger partial charge in [0.15, 0.2) is 24.0 Å². The number of carbonyl (C=O) groups excluding carboxylic acids is 2. The van der Waals surface area contributed by atoms with Gasteiger partial charge in [0.25, 0.3) is 0 Å². The molecule has 5 nitrogen and oxygen atoms in total. The highest BCUT2D eigenvalue weighted by Crippen LogP contribution is 2.13. The van der Waals surface area contributed by atoms with Crippen LogP contribution in [0.1, 0.15) is 159 Å². The summed E-state index contributed by atoms with van der Waals surface area (Å²) in [4.78, 5) is 25.2. The Kier molecular flexibility index (Phi) is 21.5. The van der Waals surface area contributed by atoms with Gasteiger partial charge in [0.05, 0.1) is 0 Å². The lowest BCUT2D eigenvalue weighted by Gasteiger charge is -2.17. The third kappa shape index (κ3) is 18.4. The van der Waals surface area contributed by atoms with E-state index >= 15 is 0 Å². The molecule has 0 aromatic carbocycles.